The molecule has 5 N–H and O–H groups in total. The Balaban J connectivity index is 2.22. The second-order valence-corrected chi connectivity index (χ2v) is 4.23. The summed E-state index contributed by atoms with van der Waals surface area (Å²) in [5, 5.41) is 0. The molecule has 5 nitrogen and oxygen atoms in total. The van der Waals surface area contributed by atoms with Crippen molar-refractivity contribution in [2.24, 2.45) is 0 Å². The van der Waals surface area contributed by atoms with Gasteiger partial charge in [0.1, 0.15) is 11.6 Å². The summed E-state index contributed by atoms with van der Waals surface area (Å²) in [6.07, 6.45) is 0. The third-order valence-electron chi connectivity index (χ3n) is 2.95. The van der Waals surface area contributed by atoms with Crippen molar-refractivity contribution in [1.29, 1.82) is 0 Å². The van der Waals surface area contributed by atoms with Gasteiger partial charge in [0.15, 0.2) is 5.65 Å². The average Bonchev–Trinajstić information content (AvgIpc) is 2.75. The molecule has 0 aliphatic rings. The number of hydrogen-bond acceptors (Lipinski definition) is 4. The number of anilines is 2. The highest BCUT2D eigenvalue weighted by Gasteiger charge is 2.10. The van der Waals surface area contributed by atoms with Crippen LogP contribution in [0.15, 0.2) is 30.3 Å². The molecule has 0 saturated heterocycles. The van der Waals surface area contributed by atoms with Crippen molar-refractivity contribution in [1.82, 2.24) is 15.0 Å². The Labute approximate surface area is 104 Å². The van der Waals surface area contributed by atoms with Gasteiger partial charge in [0.2, 0.25) is 0 Å². The summed E-state index contributed by atoms with van der Waals surface area (Å²) in [5.74, 6) is 1.17. The molecule has 90 valence electrons. The molecule has 18 heavy (non-hydrogen) atoms. The van der Waals surface area contributed by atoms with E-state index in [0.29, 0.717) is 17.3 Å². The average molecular weight is 239 g/mol. The van der Waals surface area contributed by atoms with Crippen LogP contribution in [0.3, 0.4) is 0 Å². The van der Waals surface area contributed by atoms with Crippen LogP contribution in [0.25, 0.3) is 22.6 Å². The molecule has 0 atom stereocenters. The van der Waals surface area contributed by atoms with Crippen molar-refractivity contribution >= 4 is 22.7 Å². The van der Waals surface area contributed by atoms with E-state index in [1.807, 2.05) is 31.2 Å². The predicted molar refractivity (Wildman–Crippen MR) is 72.9 cm³/mol. The number of imidazole rings is 1. The first kappa shape index (κ1) is 10.6. The number of hydrogen-bond donors (Lipinski definition) is 3. The fourth-order valence-electron chi connectivity index (χ4n) is 1.92. The van der Waals surface area contributed by atoms with Crippen molar-refractivity contribution in [2.75, 3.05) is 11.5 Å². The van der Waals surface area contributed by atoms with Gasteiger partial charge in [0.05, 0.1) is 5.52 Å². The van der Waals surface area contributed by atoms with Crippen molar-refractivity contribution in [3.05, 3.63) is 35.9 Å². The van der Waals surface area contributed by atoms with Crippen LogP contribution in [-0.2, 0) is 0 Å². The molecular weight excluding hydrogens is 226 g/mol. The minimum atomic E-state index is 0.456. The molecule has 2 heterocycles. The minimum Gasteiger partial charge on any atom is -0.398 e. The van der Waals surface area contributed by atoms with Gasteiger partial charge in [-0.05, 0) is 30.7 Å². The summed E-state index contributed by atoms with van der Waals surface area (Å²) in [7, 11) is 0. The second-order valence-electron chi connectivity index (χ2n) is 4.23. The summed E-state index contributed by atoms with van der Waals surface area (Å²) < 4.78 is 0. The number of pyridine rings is 1. The number of H-pyrrole nitrogens is 1. The number of aromatic nitrogens is 3. The maximum atomic E-state index is 6.06. The van der Waals surface area contributed by atoms with Gasteiger partial charge in [0.25, 0.3) is 0 Å². The topological polar surface area (TPSA) is 93.6 Å². The molecule has 0 fully saturated rings. The summed E-state index contributed by atoms with van der Waals surface area (Å²) in [6.45, 7) is 1.97. The number of aryl methyl sites for hydroxylation is 1. The molecule has 0 aliphatic heterocycles. The first-order chi connectivity index (χ1) is 8.65. The molecule has 0 radical (unpaired) electrons. The predicted octanol–water partition coefficient (Wildman–Crippen LogP) is 2.10. The fraction of sp³-hybridized carbons (Fsp3) is 0.0769. The number of para-hydroxylation sites is 1. The van der Waals surface area contributed by atoms with Crippen LogP contribution in [0.2, 0.25) is 0 Å². The molecule has 2 aromatic heterocycles. The third-order valence-corrected chi connectivity index (χ3v) is 2.95. The number of rotatable bonds is 1. The Morgan fingerprint density at radius 1 is 1.06 bits per heavy atom. The van der Waals surface area contributed by atoms with E-state index in [1.165, 1.54) is 0 Å². The van der Waals surface area contributed by atoms with Crippen LogP contribution in [0.5, 0.6) is 0 Å². The van der Waals surface area contributed by atoms with Gasteiger partial charge < -0.3 is 16.5 Å². The lowest BCUT2D eigenvalue weighted by Crippen LogP contribution is -1.94. The highest BCUT2D eigenvalue weighted by molar-refractivity contribution is 5.81. The highest BCUT2D eigenvalue weighted by Crippen LogP contribution is 2.27. The first-order valence-corrected chi connectivity index (χ1v) is 5.63. The number of nitrogen functional groups attached to an aromatic ring is 2. The summed E-state index contributed by atoms with van der Waals surface area (Å²) in [6, 6.07) is 9.46. The van der Waals surface area contributed by atoms with Crippen LogP contribution in [0.1, 0.15) is 5.56 Å². The number of nitrogens with two attached hydrogens (primary N) is 2. The van der Waals surface area contributed by atoms with E-state index < -0.39 is 0 Å². The number of aromatic amines is 1. The molecule has 3 aromatic rings. The second kappa shape index (κ2) is 3.73. The number of fused-ring (bicyclic) bond motifs is 1. The maximum Gasteiger partial charge on any atom is 0.180 e. The number of benzene rings is 1. The standard InChI is InChI=1S/C13H13N5/c1-7-3-2-4-8(11(7)15)12-16-9-5-6-10(14)17-13(9)18-12/h2-6H,15H2,1H3,(H3,14,16,17,18). The molecule has 0 bridgehead atoms. The number of nitrogens with zero attached hydrogens (tertiary/aromatic N) is 2. The zero-order valence-corrected chi connectivity index (χ0v) is 9.94. The largest absolute Gasteiger partial charge is 0.398 e. The Bertz CT molecular complexity index is 729. The van der Waals surface area contributed by atoms with Gasteiger partial charge in [-0.15, -0.1) is 0 Å². The third kappa shape index (κ3) is 1.57. The molecule has 3 rings (SSSR count). The van der Waals surface area contributed by atoms with Crippen molar-refractivity contribution in [3.8, 4) is 11.4 Å². The molecule has 1 aromatic carbocycles. The minimum absolute atomic E-state index is 0.456. The van der Waals surface area contributed by atoms with E-state index in [1.54, 1.807) is 6.07 Å². The van der Waals surface area contributed by atoms with E-state index >= 15 is 0 Å². The summed E-state index contributed by atoms with van der Waals surface area (Å²) in [5.41, 5.74) is 15.8. The van der Waals surface area contributed by atoms with Gasteiger partial charge in [0, 0.05) is 11.3 Å². The quantitative estimate of drug-likeness (QED) is 0.567. The number of nitrogens with one attached hydrogen (secondary N) is 1. The van der Waals surface area contributed by atoms with Gasteiger partial charge in [-0.1, -0.05) is 12.1 Å². The maximum absolute atomic E-state index is 6.06. The van der Waals surface area contributed by atoms with Crippen LogP contribution < -0.4 is 11.5 Å². The van der Waals surface area contributed by atoms with E-state index in [-0.39, 0.29) is 0 Å². The molecule has 0 aliphatic carbocycles. The summed E-state index contributed by atoms with van der Waals surface area (Å²) >= 11 is 0. The molecule has 0 saturated carbocycles. The van der Waals surface area contributed by atoms with Gasteiger partial charge in [-0.25, -0.2) is 9.97 Å². The van der Waals surface area contributed by atoms with Crippen molar-refractivity contribution in [2.45, 2.75) is 6.92 Å². The molecule has 0 amide bonds. The summed E-state index contributed by atoms with van der Waals surface area (Å²) in [4.78, 5) is 11.8. The fourth-order valence-corrected chi connectivity index (χ4v) is 1.92. The zero-order valence-electron chi connectivity index (χ0n) is 9.94. The van der Waals surface area contributed by atoms with Crippen LogP contribution >= 0.6 is 0 Å². The van der Waals surface area contributed by atoms with E-state index in [9.17, 15) is 0 Å². The van der Waals surface area contributed by atoms with Gasteiger partial charge in [-0.2, -0.15) is 0 Å². The van der Waals surface area contributed by atoms with Crippen LogP contribution in [0, 0.1) is 6.92 Å². The molecular formula is C13H13N5. The Morgan fingerprint density at radius 2 is 1.89 bits per heavy atom. The lowest BCUT2D eigenvalue weighted by molar-refractivity contribution is 1.30. The van der Waals surface area contributed by atoms with Crippen molar-refractivity contribution in [3.63, 3.8) is 0 Å². The van der Waals surface area contributed by atoms with Gasteiger partial charge in [-0.3, -0.25) is 0 Å². The highest BCUT2D eigenvalue weighted by atomic mass is 15.0. The lowest BCUT2D eigenvalue weighted by atomic mass is 10.1. The molecule has 0 spiro atoms. The monoisotopic (exact) mass is 239 g/mol. The normalized spacial score (nSPS) is 10.9. The van der Waals surface area contributed by atoms with Gasteiger partial charge >= 0.3 is 0 Å². The van der Waals surface area contributed by atoms with E-state index in [4.69, 9.17) is 11.5 Å². The molecule has 0 unspecified atom stereocenters. The van der Waals surface area contributed by atoms with Crippen LogP contribution in [0.4, 0.5) is 11.5 Å². The first-order valence-electron chi connectivity index (χ1n) is 5.63. The zero-order chi connectivity index (χ0) is 12.7. The Kier molecular flexibility index (Phi) is 2.19. The van der Waals surface area contributed by atoms with Crippen molar-refractivity contribution < 1.29 is 0 Å². The van der Waals surface area contributed by atoms with Crippen LogP contribution in [-0.4, -0.2) is 15.0 Å². The Morgan fingerprint density at radius 3 is 2.72 bits per heavy atom. The van der Waals surface area contributed by atoms with E-state index in [2.05, 4.69) is 15.0 Å². The lowest BCUT2D eigenvalue weighted by Gasteiger charge is -2.04. The smallest absolute Gasteiger partial charge is 0.180 e. The Hall–Kier alpha value is -2.56. The van der Waals surface area contributed by atoms with E-state index in [0.717, 1.165) is 22.3 Å². The SMILES string of the molecule is Cc1cccc(-c2nc3nc(N)ccc3[nH]2)c1N. The molecule has 5 heteroatoms.